The molecule has 2 aliphatic rings. The summed E-state index contributed by atoms with van der Waals surface area (Å²) in [6.45, 7) is 6.31. The van der Waals surface area contributed by atoms with Gasteiger partial charge >= 0.3 is 0 Å². The quantitative estimate of drug-likeness (QED) is 0.379. The van der Waals surface area contributed by atoms with Crippen molar-refractivity contribution >= 4 is 33.1 Å². The molecule has 0 spiro atoms. The van der Waals surface area contributed by atoms with Crippen molar-refractivity contribution in [1.82, 2.24) is 9.71 Å². The number of hydrogen-bond acceptors (Lipinski definition) is 5. The molecule has 8 heteroatoms. The molecule has 1 heterocycles. The number of benzene rings is 2. The molecular weight excluding hydrogens is 472 g/mol. The van der Waals surface area contributed by atoms with Crippen molar-refractivity contribution in [3.05, 3.63) is 77.5 Å². The number of anilines is 3. The Morgan fingerprint density at radius 3 is 2.53 bits per heavy atom. The smallest absolute Gasteiger partial charge is 0.241 e. The summed E-state index contributed by atoms with van der Waals surface area (Å²) < 4.78 is 29.4. The second kappa shape index (κ2) is 9.33. The molecule has 2 aromatic carbocycles. The zero-order valence-corrected chi connectivity index (χ0v) is 21.7. The molecule has 7 nitrogen and oxygen atoms in total. The molecule has 1 fully saturated rings. The summed E-state index contributed by atoms with van der Waals surface area (Å²) in [4.78, 5) is 17.0. The molecule has 1 saturated carbocycles. The predicted octanol–water partition coefficient (Wildman–Crippen LogP) is 5.44. The van der Waals surface area contributed by atoms with Crippen LogP contribution in [0.25, 0.3) is 0 Å². The number of nitrogens with zero attached hydrogens (tertiary/aromatic N) is 1. The lowest BCUT2D eigenvalue weighted by atomic mass is 9.86. The average molecular weight is 505 g/mol. The van der Waals surface area contributed by atoms with Gasteiger partial charge in [-0.3, -0.25) is 4.79 Å². The van der Waals surface area contributed by atoms with Gasteiger partial charge in [0, 0.05) is 23.8 Å². The number of aryl methyl sites for hydroxylation is 1. The number of amides is 1. The molecule has 5 rings (SSSR count). The maximum absolute atomic E-state index is 13.2. The van der Waals surface area contributed by atoms with Crippen molar-refractivity contribution < 1.29 is 13.2 Å². The van der Waals surface area contributed by atoms with Crippen LogP contribution in [0.3, 0.4) is 0 Å². The number of nitrogens with one attached hydrogen (secondary N) is 3. The molecule has 1 unspecified atom stereocenters. The summed E-state index contributed by atoms with van der Waals surface area (Å²) in [7, 11) is -3.69. The molecule has 3 N–H and O–H groups in total. The Hall–Kier alpha value is -3.23. The minimum atomic E-state index is -3.69. The molecule has 1 amide bonds. The summed E-state index contributed by atoms with van der Waals surface area (Å²) in [6.07, 6.45) is 5.04. The maximum atomic E-state index is 13.2. The summed E-state index contributed by atoms with van der Waals surface area (Å²) in [5, 5.41) is 6.29. The van der Waals surface area contributed by atoms with E-state index >= 15 is 0 Å². The summed E-state index contributed by atoms with van der Waals surface area (Å²) in [5.74, 6) is 0.660. The van der Waals surface area contributed by atoms with Crippen molar-refractivity contribution in [2.75, 3.05) is 10.6 Å². The lowest BCUT2D eigenvalue weighted by Gasteiger charge is -2.19. The van der Waals surface area contributed by atoms with Crippen LogP contribution in [0.5, 0.6) is 0 Å². The first-order valence-corrected chi connectivity index (χ1v) is 13.9. The molecule has 36 heavy (non-hydrogen) atoms. The predicted molar refractivity (Wildman–Crippen MR) is 142 cm³/mol. The first-order valence-electron chi connectivity index (χ1n) is 12.4. The van der Waals surface area contributed by atoms with Gasteiger partial charge < -0.3 is 10.6 Å². The minimum absolute atomic E-state index is 0.0168. The average Bonchev–Trinajstić information content (AvgIpc) is 3.67. The number of sulfonamides is 1. The second-order valence-electron chi connectivity index (χ2n) is 10.3. The third-order valence-electron chi connectivity index (χ3n) is 7.09. The fraction of sp³-hybridized carbons (Fsp3) is 0.357. The first kappa shape index (κ1) is 24.5. The van der Waals surface area contributed by atoms with Crippen LogP contribution < -0.4 is 15.4 Å². The number of carbonyl (C=O) groups excluding carboxylic acids is 1. The van der Waals surface area contributed by atoms with Gasteiger partial charge in [0.05, 0.1) is 10.6 Å². The fourth-order valence-corrected chi connectivity index (χ4v) is 6.08. The summed E-state index contributed by atoms with van der Waals surface area (Å²) in [5.41, 5.74) is 4.39. The molecule has 1 atom stereocenters. The van der Waals surface area contributed by atoms with E-state index in [1.54, 1.807) is 24.4 Å². The molecule has 0 saturated heterocycles. The second-order valence-corrected chi connectivity index (χ2v) is 12.1. The number of rotatable bonds is 8. The number of pyridine rings is 1. The Labute approximate surface area is 212 Å². The molecule has 0 bridgehead atoms. The first-order chi connectivity index (χ1) is 17.2. The number of aromatic nitrogens is 1. The number of hydrogen-bond donors (Lipinski definition) is 3. The largest absolute Gasteiger partial charge is 0.338 e. The van der Waals surface area contributed by atoms with Gasteiger partial charge in [-0.25, -0.2) is 18.1 Å². The van der Waals surface area contributed by atoms with Gasteiger partial charge in [0.1, 0.15) is 0 Å². The van der Waals surface area contributed by atoms with Crippen LogP contribution in [0, 0.1) is 5.92 Å². The van der Waals surface area contributed by atoms with E-state index in [1.165, 1.54) is 0 Å². The molecule has 2 aliphatic carbocycles. The van der Waals surface area contributed by atoms with Crippen LogP contribution in [0.4, 0.5) is 17.2 Å². The van der Waals surface area contributed by atoms with Gasteiger partial charge in [0.15, 0.2) is 5.82 Å². The minimum Gasteiger partial charge on any atom is -0.338 e. The highest BCUT2D eigenvalue weighted by atomic mass is 32.2. The Morgan fingerprint density at radius 2 is 1.83 bits per heavy atom. The van der Waals surface area contributed by atoms with E-state index in [4.69, 9.17) is 0 Å². The standard InChI is InChI=1S/C28H32N4O3S/c1-4-18-7-12-21(13-8-18)36(34,35)32-25-17-28(2,3)23-14-11-20(16-22(23)25)30-26-24(6-5-15-29-26)31-27(33)19-9-10-19/h5-8,11-16,19,25,32H,4,9-10,17H2,1-3H3,(H,29,30)(H,31,33). The molecule has 1 aromatic heterocycles. The van der Waals surface area contributed by atoms with Gasteiger partial charge in [0.2, 0.25) is 15.9 Å². The van der Waals surface area contributed by atoms with Gasteiger partial charge in [-0.2, -0.15) is 0 Å². The summed E-state index contributed by atoms with van der Waals surface area (Å²) in [6, 6.07) is 16.3. The van der Waals surface area contributed by atoms with E-state index in [1.807, 2.05) is 43.3 Å². The van der Waals surface area contributed by atoms with Gasteiger partial charge in [-0.1, -0.05) is 39.0 Å². The zero-order valence-electron chi connectivity index (χ0n) is 20.8. The van der Waals surface area contributed by atoms with Gasteiger partial charge in [0.25, 0.3) is 0 Å². The Bertz CT molecular complexity index is 1400. The highest BCUT2D eigenvalue weighted by molar-refractivity contribution is 7.89. The Kier molecular flexibility index (Phi) is 6.34. The van der Waals surface area contributed by atoms with Crippen molar-refractivity contribution in [2.24, 2.45) is 5.92 Å². The molecule has 188 valence electrons. The van der Waals surface area contributed by atoms with Crippen LogP contribution in [0.1, 0.15) is 62.8 Å². The summed E-state index contributed by atoms with van der Waals surface area (Å²) >= 11 is 0. The number of carbonyl (C=O) groups is 1. The van der Waals surface area contributed by atoms with Gasteiger partial charge in [-0.15, -0.1) is 0 Å². The molecular formula is C28H32N4O3S. The van der Waals surface area contributed by atoms with E-state index in [9.17, 15) is 13.2 Å². The van der Waals surface area contributed by atoms with E-state index in [0.717, 1.165) is 41.6 Å². The normalized spacial score (nSPS) is 18.5. The third kappa shape index (κ3) is 5.01. The third-order valence-corrected chi connectivity index (χ3v) is 8.57. The van der Waals surface area contributed by atoms with Crippen molar-refractivity contribution in [2.45, 2.75) is 62.8 Å². The van der Waals surface area contributed by atoms with Crippen LogP contribution in [-0.4, -0.2) is 19.3 Å². The highest BCUT2D eigenvalue weighted by Crippen LogP contribution is 2.46. The highest BCUT2D eigenvalue weighted by Gasteiger charge is 2.39. The lowest BCUT2D eigenvalue weighted by molar-refractivity contribution is -0.117. The SMILES string of the molecule is CCc1ccc(S(=O)(=O)NC2CC(C)(C)c3ccc(Nc4ncccc4NC(=O)C4CC4)cc32)cc1. The van der Waals surface area contributed by atoms with Crippen molar-refractivity contribution in [1.29, 1.82) is 0 Å². The molecule has 3 aromatic rings. The molecule has 0 radical (unpaired) electrons. The van der Waals surface area contributed by atoms with Crippen molar-refractivity contribution in [3.8, 4) is 0 Å². The molecule has 0 aliphatic heterocycles. The zero-order chi connectivity index (χ0) is 25.5. The Morgan fingerprint density at radius 1 is 1.08 bits per heavy atom. The van der Waals surface area contributed by atoms with E-state index in [0.29, 0.717) is 17.9 Å². The van der Waals surface area contributed by atoms with Gasteiger partial charge in [-0.05, 0) is 84.2 Å². The van der Waals surface area contributed by atoms with E-state index < -0.39 is 10.0 Å². The van der Waals surface area contributed by atoms with Crippen LogP contribution in [0.15, 0.2) is 65.7 Å². The fourth-order valence-electron chi connectivity index (χ4n) is 4.86. The van der Waals surface area contributed by atoms with Crippen LogP contribution >= 0.6 is 0 Å². The Balaban J connectivity index is 1.40. The van der Waals surface area contributed by atoms with E-state index in [-0.39, 0.29) is 28.2 Å². The van der Waals surface area contributed by atoms with E-state index in [2.05, 4.69) is 34.2 Å². The van der Waals surface area contributed by atoms with Crippen LogP contribution in [-0.2, 0) is 26.7 Å². The monoisotopic (exact) mass is 504 g/mol. The number of fused-ring (bicyclic) bond motifs is 1. The maximum Gasteiger partial charge on any atom is 0.241 e. The van der Waals surface area contributed by atoms with Crippen molar-refractivity contribution in [3.63, 3.8) is 0 Å². The lowest BCUT2D eigenvalue weighted by Crippen LogP contribution is -2.28. The topological polar surface area (TPSA) is 100 Å². The van der Waals surface area contributed by atoms with Crippen LogP contribution in [0.2, 0.25) is 0 Å².